The van der Waals surface area contributed by atoms with E-state index in [2.05, 4.69) is 182 Å². The molecular weight excluding hydrogens is 711 g/mol. The maximum atomic E-state index is 5.38. The van der Waals surface area contributed by atoms with E-state index in [0.717, 1.165) is 33.6 Å². The fourth-order valence-electron chi connectivity index (χ4n) is 9.04. The fraction of sp³-hybridized carbons (Fsp3) is 0.0377. The Morgan fingerprint density at radius 3 is 1.65 bits per heavy atom. The summed E-state index contributed by atoms with van der Waals surface area (Å²) in [6.45, 7) is 2.11. The molecule has 0 atom stereocenters. The molecule has 2 aliphatic rings. The topological polar surface area (TPSA) is 38.7 Å². The first kappa shape index (κ1) is 33.5. The van der Waals surface area contributed by atoms with Crippen LogP contribution in [0.2, 0.25) is 0 Å². The third-order valence-corrected chi connectivity index (χ3v) is 12.8. The van der Waals surface area contributed by atoms with E-state index in [-0.39, 0.29) is 0 Å². The fourth-order valence-corrected chi connectivity index (χ4v) is 10.2. The molecule has 2 aromatic heterocycles. The Morgan fingerprint density at radius 1 is 0.421 bits per heavy atom. The normalized spacial score (nSPS) is 13.1. The van der Waals surface area contributed by atoms with Gasteiger partial charge in [0.05, 0.1) is 16.8 Å². The van der Waals surface area contributed by atoms with Crippen molar-refractivity contribution < 1.29 is 0 Å². The summed E-state index contributed by atoms with van der Waals surface area (Å²) in [4.78, 5) is 17.6. The lowest BCUT2D eigenvalue weighted by atomic mass is 9.67. The molecule has 3 heterocycles. The molecule has 1 spiro atoms. The highest BCUT2D eigenvalue weighted by Crippen LogP contribution is 2.63. The molecule has 1 aliphatic heterocycles. The van der Waals surface area contributed by atoms with Crippen LogP contribution in [0.5, 0.6) is 0 Å². The third-order valence-electron chi connectivity index (χ3n) is 11.6. The Labute approximate surface area is 336 Å². The molecule has 0 amide bonds. The van der Waals surface area contributed by atoms with Gasteiger partial charge in [0.2, 0.25) is 0 Å². The Kier molecular flexibility index (Phi) is 7.87. The molecule has 0 unspecified atom stereocenters. The minimum atomic E-state index is -0.528. The van der Waals surface area contributed by atoms with Crippen molar-refractivity contribution in [3.63, 3.8) is 0 Å². The minimum Gasteiger partial charge on any atom is -0.264 e. The minimum absolute atomic E-state index is 0.528. The molecular formula is C53H35N3S. The maximum absolute atomic E-state index is 5.38. The van der Waals surface area contributed by atoms with Crippen molar-refractivity contribution in [1.29, 1.82) is 0 Å². The van der Waals surface area contributed by atoms with Gasteiger partial charge in [-0.3, -0.25) is 4.98 Å². The second-order valence-electron chi connectivity index (χ2n) is 14.8. The van der Waals surface area contributed by atoms with Crippen LogP contribution in [0.25, 0.3) is 67.3 Å². The van der Waals surface area contributed by atoms with Crippen molar-refractivity contribution in [1.82, 2.24) is 15.0 Å². The lowest BCUT2D eigenvalue weighted by Crippen LogP contribution is -2.31. The molecule has 7 aromatic carbocycles. The number of hydrogen-bond acceptors (Lipinski definition) is 4. The van der Waals surface area contributed by atoms with Crippen molar-refractivity contribution in [2.45, 2.75) is 22.1 Å². The van der Waals surface area contributed by atoms with Crippen LogP contribution in [0.3, 0.4) is 0 Å². The van der Waals surface area contributed by atoms with Gasteiger partial charge in [0.25, 0.3) is 0 Å². The summed E-state index contributed by atoms with van der Waals surface area (Å²) in [6.07, 6.45) is 3.79. The number of pyridine rings is 1. The summed E-state index contributed by atoms with van der Waals surface area (Å²) in [5, 5.41) is 0. The van der Waals surface area contributed by atoms with Crippen LogP contribution >= 0.6 is 11.8 Å². The number of hydrogen-bond donors (Lipinski definition) is 0. The molecule has 0 N–H and O–H groups in total. The largest absolute Gasteiger partial charge is 0.264 e. The number of nitrogens with zero attached hydrogens (tertiary/aromatic N) is 3. The first-order valence-electron chi connectivity index (χ1n) is 19.3. The van der Waals surface area contributed by atoms with Crippen molar-refractivity contribution in [3.05, 3.63) is 222 Å². The van der Waals surface area contributed by atoms with E-state index in [1.54, 1.807) is 0 Å². The smallest absolute Gasteiger partial charge is 0.161 e. The molecule has 0 saturated carbocycles. The van der Waals surface area contributed by atoms with Gasteiger partial charge in [-0.2, -0.15) is 0 Å². The van der Waals surface area contributed by atoms with Gasteiger partial charge in [0, 0.05) is 38.9 Å². The Balaban J connectivity index is 1.19. The van der Waals surface area contributed by atoms with E-state index in [4.69, 9.17) is 9.97 Å². The Morgan fingerprint density at radius 2 is 1.00 bits per heavy atom. The predicted molar refractivity (Wildman–Crippen MR) is 233 cm³/mol. The van der Waals surface area contributed by atoms with Crippen molar-refractivity contribution in [2.75, 3.05) is 0 Å². The van der Waals surface area contributed by atoms with Crippen LogP contribution in [0.1, 0.15) is 27.8 Å². The average Bonchev–Trinajstić information content (AvgIpc) is 3.57. The maximum Gasteiger partial charge on any atom is 0.161 e. The lowest BCUT2D eigenvalue weighted by Gasteiger charge is -2.39. The predicted octanol–water partition coefficient (Wildman–Crippen LogP) is 13.3. The third kappa shape index (κ3) is 5.32. The first-order valence-corrected chi connectivity index (χ1v) is 20.2. The second kappa shape index (κ2) is 13.4. The van der Waals surface area contributed by atoms with E-state index in [9.17, 15) is 0 Å². The molecule has 0 fully saturated rings. The van der Waals surface area contributed by atoms with Gasteiger partial charge >= 0.3 is 0 Å². The summed E-state index contributed by atoms with van der Waals surface area (Å²) in [5.74, 6) is 0.712. The zero-order valence-corrected chi connectivity index (χ0v) is 32.0. The van der Waals surface area contributed by atoms with Gasteiger partial charge in [-0.05, 0) is 98.5 Å². The van der Waals surface area contributed by atoms with Crippen LogP contribution in [0.4, 0.5) is 0 Å². The first-order chi connectivity index (χ1) is 28.2. The summed E-state index contributed by atoms with van der Waals surface area (Å²) < 4.78 is 0. The number of benzene rings is 7. The van der Waals surface area contributed by atoms with Crippen LogP contribution in [-0.4, -0.2) is 15.0 Å². The SMILES string of the molecule is Cc1cnccc1-c1ccc(-c2ccc3c(c2)-c2c(-c4nc(-c5ccccc5)cc(-c5ccccc5)n4)cccc2C32c3ccccc3Sc3ccccc32)cc1. The van der Waals surface area contributed by atoms with E-state index in [1.165, 1.54) is 65.4 Å². The standard InChI is InChI=1S/C53H35N3S/c1-34-33-54-30-29-40(34)36-25-23-35(24-26-36)39-27-28-43-42(31-39)51-41(52-55-47(37-13-4-2-5-14-37)32-48(56-52)38-15-6-3-7-16-38)17-12-20-46(51)53(43)44-18-8-10-21-49(44)57-50-22-11-9-19-45(50)53/h2-33H,1H3. The Bertz CT molecular complexity index is 2890. The summed E-state index contributed by atoms with van der Waals surface area (Å²) in [6, 6.07) is 65.8. The molecule has 9 aromatic rings. The molecule has 0 saturated heterocycles. The summed E-state index contributed by atoms with van der Waals surface area (Å²) in [5.41, 5.74) is 17.8. The van der Waals surface area contributed by atoms with Crippen molar-refractivity contribution in [2.24, 2.45) is 0 Å². The molecule has 11 rings (SSSR count). The van der Waals surface area contributed by atoms with Gasteiger partial charge in [0.1, 0.15) is 0 Å². The molecule has 1 aliphatic carbocycles. The molecule has 0 bridgehead atoms. The van der Waals surface area contributed by atoms with Gasteiger partial charge in [0.15, 0.2) is 5.82 Å². The zero-order chi connectivity index (χ0) is 37.9. The molecule has 57 heavy (non-hydrogen) atoms. The van der Waals surface area contributed by atoms with E-state index >= 15 is 0 Å². The highest BCUT2D eigenvalue weighted by molar-refractivity contribution is 7.99. The zero-order valence-electron chi connectivity index (χ0n) is 31.2. The number of aromatic nitrogens is 3. The van der Waals surface area contributed by atoms with E-state index < -0.39 is 5.41 Å². The van der Waals surface area contributed by atoms with Crippen molar-refractivity contribution >= 4 is 11.8 Å². The highest BCUT2D eigenvalue weighted by atomic mass is 32.2. The van der Waals surface area contributed by atoms with Gasteiger partial charge in [-0.25, -0.2) is 9.97 Å². The van der Waals surface area contributed by atoms with Gasteiger partial charge in [-0.1, -0.05) is 163 Å². The van der Waals surface area contributed by atoms with Crippen LogP contribution in [-0.2, 0) is 5.41 Å². The van der Waals surface area contributed by atoms with Gasteiger partial charge in [-0.15, -0.1) is 0 Å². The molecule has 268 valence electrons. The van der Waals surface area contributed by atoms with Crippen LogP contribution in [0, 0.1) is 6.92 Å². The van der Waals surface area contributed by atoms with Crippen LogP contribution < -0.4 is 0 Å². The Hall–Kier alpha value is -6.88. The average molecular weight is 746 g/mol. The number of fused-ring (bicyclic) bond motifs is 9. The number of rotatable bonds is 5. The monoisotopic (exact) mass is 745 g/mol. The number of aryl methyl sites for hydroxylation is 1. The summed E-state index contributed by atoms with van der Waals surface area (Å²) >= 11 is 1.86. The molecule has 0 radical (unpaired) electrons. The van der Waals surface area contributed by atoms with E-state index in [1.807, 2.05) is 36.3 Å². The van der Waals surface area contributed by atoms with Gasteiger partial charge < -0.3 is 0 Å². The van der Waals surface area contributed by atoms with Crippen molar-refractivity contribution in [3.8, 4) is 67.3 Å². The lowest BCUT2D eigenvalue weighted by molar-refractivity contribution is 0.722. The quantitative estimate of drug-likeness (QED) is 0.176. The highest BCUT2D eigenvalue weighted by Gasteiger charge is 2.51. The second-order valence-corrected chi connectivity index (χ2v) is 15.9. The molecule has 4 heteroatoms. The van der Waals surface area contributed by atoms with Crippen LogP contribution in [0.15, 0.2) is 204 Å². The van der Waals surface area contributed by atoms with E-state index in [0.29, 0.717) is 5.82 Å². The molecule has 3 nitrogen and oxygen atoms in total. The summed E-state index contributed by atoms with van der Waals surface area (Å²) in [7, 11) is 0.